The van der Waals surface area contributed by atoms with E-state index in [1.165, 1.54) is 18.2 Å². The molecule has 0 spiro atoms. The van der Waals surface area contributed by atoms with Crippen LogP contribution in [0.1, 0.15) is 5.56 Å². The minimum absolute atomic E-state index is 0.107. The number of hydrogen-bond acceptors (Lipinski definition) is 5. The number of carbonyl (C=O) groups is 2. The Morgan fingerprint density at radius 1 is 1.42 bits per heavy atom. The molecule has 0 fully saturated rings. The summed E-state index contributed by atoms with van der Waals surface area (Å²) < 4.78 is 0. The number of nitriles is 1. The molecule has 98 valence electrons. The van der Waals surface area contributed by atoms with Crippen molar-refractivity contribution >= 4 is 23.2 Å². The smallest absolute Gasteiger partial charge is 0.313 e. The highest BCUT2D eigenvalue weighted by atomic mass is 16.6. The average Bonchev–Trinajstić information content (AvgIpc) is 2.37. The van der Waals surface area contributed by atoms with Crippen LogP contribution in [0.3, 0.4) is 0 Å². The fraction of sp³-hybridized carbons (Fsp3) is 0.182. The first kappa shape index (κ1) is 14.1. The first-order valence-electron chi connectivity index (χ1n) is 5.17. The maximum Gasteiger partial charge on any atom is 0.313 e. The molecule has 0 aliphatic carbocycles. The molecule has 2 amide bonds. The fourth-order valence-corrected chi connectivity index (χ4v) is 1.28. The molecule has 0 atom stereocenters. The van der Waals surface area contributed by atoms with Gasteiger partial charge in [-0.3, -0.25) is 19.7 Å². The lowest BCUT2D eigenvalue weighted by atomic mass is 10.2. The van der Waals surface area contributed by atoms with Gasteiger partial charge >= 0.3 is 11.8 Å². The Morgan fingerprint density at radius 2 is 2.11 bits per heavy atom. The van der Waals surface area contributed by atoms with Crippen LogP contribution in [0.5, 0.6) is 0 Å². The quantitative estimate of drug-likeness (QED) is 0.354. The van der Waals surface area contributed by atoms with Gasteiger partial charge in [-0.25, -0.2) is 0 Å². The van der Waals surface area contributed by atoms with E-state index in [0.29, 0.717) is 11.3 Å². The molecule has 0 bridgehead atoms. The number of hydrogen-bond donors (Lipinski definition) is 2. The van der Waals surface area contributed by atoms with Crippen LogP contribution in [0.25, 0.3) is 0 Å². The normalized spacial score (nSPS) is 9.26. The van der Waals surface area contributed by atoms with Crippen molar-refractivity contribution < 1.29 is 14.5 Å². The minimum Gasteiger partial charge on any atom is -0.335 e. The molecule has 0 saturated heterocycles. The molecule has 0 heterocycles. The van der Waals surface area contributed by atoms with Gasteiger partial charge in [-0.05, 0) is 18.6 Å². The van der Waals surface area contributed by atoms with Crippen molar-refractivity contribution in [3.05, 3.63) is 33.9 Å². The summed E-state index contributed by atoms with van der Waals surface area (Å²) in [5.74, 6) is -1.88. The van der Waals surface area contributed by atoms with Gasteiger partial charge in [-0.15, -0.1) is 0 Å². The number of nitro benzene ring substituents is 1. The van der Waals surface area contributed by atoms with Gasteiger partial charge in [0.25, 0.3) is 5.69 Å². The molecule has 0 unspecified atom stereocenters. The van der Waals surface area contributed by atoms with Crippen LogP contribution in [0, 0.1) is 28.4 Å². The Bertz CT molecular complexity index is 577. The van der Waals surface area contributed by atoms with E-state index >= 15 is 0 Å². The first-order valence-corrected chi connectivity index (χ1v) is 5.17. The number of amides is 2. The van der Waals surface area contributed by atoms with Crippen LogP contribution in [-0.4, -0.2) is 23.3 Å². The molecule has 2 N–H and O–H groups in total. The van der Waals surface area contributed by atoms with Gasteiger partial charge in [0.15, 0.2) is 0 Å². The third kappa shape index (κ3) is 3.78. The lowest BCUT2D eigenvalue weighted by molar-refractivity contribution is -0.384. The van der Waals surface area contributed by atoms with Crippen molar-refractivity contribution in [2.75, 3.05) is 11.9 Å². The topological polar surface area (TPSA) is 125 Å². The zero-order valence-electron chi connectivity index (χ0n) is 9.97. The maximum atomic E-state index is 11.4. The summed E-state index contributed by atoms with van der Waals surface area (Å²) in [6.07, 6.45) is 0. The lowest BCUT2D eigenvalue weighted by Crippen LogP contribution is -2.35. The van der Waals surface area contributed by atoms with Crippen LogP contribution >= 0.6 is 0 Å². The van der Waals surface area contributed by atoms with Crippen LogP contribution in [0.4, 0.5) is 11.4 Å². The van der Waals surface area contributed by atoms with Crippen molar-refractivity contribution in [1.29, 1.82) is 5.26 Å². The highest BCUT2D eigenvalue weighted by Gasteiger charge is 2.15. The van der Waals surface area contributed by atoms with Crippen molar-refractivity contribution in [3.63, 3.8) is 0 Å². The van der Waals surface area contributed by atoms with Crippen molar-refractivity contribution in [2.45, 2.75) is 6.92 Å². The summed E-state index contributed by atoms with van der Waals surface area (Å²) in [5, 5.41) is 23.2. The largest absolute Gasteiger partial charge is 0.335 e. The molecule has 0 aromatic heterocycles. The minimum atomic E-state index is -0.945. The zero-order valence-corrected chi connectivity index (χ0v) is 9.97. The van der Waals surface area contributed by atoms with Crippen LogP contribution in [0.2, 0.25) is 0 Å². The van der Waals surface area contributed by atoms with Gasteiger partial charge in [-0.1, -0.05) is 0 Å². The fourth-order valence-electron chi connectivity index (χ4n) is 1.28. The van der Waals surface area contributed by atoms with E-state index in [-0.39, 0.29) is 12.2 Å². The number of rotatable bonds is 3. The molecule has 0 aliphatic heterocycles. The van der Waals surface area contributed by atoms with Gasteiger partial charge in [0.05, 0.1) is 11.0 Å². The van der Waals surface area contributed by atoms with Gasteiger partial charge in [0, 0.05) is 17.8 Å². The van der Waals surface area contributed by atoms with Crippen molar-refractivity contribution in [3.8, 4) is 6.07 Å². The Kier molecular flexibility index (Phi) is 4.54. The number of non-ortho nitro benzene ring substituents is 1. The number of nitro groups is 1. The van der Waals surface area contributed by atoms with E-state index in [9.17, 15) is 19.7 Å². The Hall–Kier alpha value is -2.95. The zero-order chi connectivity index (χ0) is 14.4. The molecule has 0 radical (unpaired) electrons. The van der Waals surface area contributed by atoms with Crippen LogP contribution in [0.15, 0.2) is 18.2 Å². The molecule has 0 aliphatic rings. The van der Waals surface area contributed by atoms with E-state index in [4.69, 9.17) is 5.26 Å². The molecule has 1 aromatic rings. The van der Waals surface area contributed by atoms with Gasteiger partial charge < -0.3 is 10.6 Å². The molecule has 1 aromatic carbocycles. The number of nitrogens with zero attached hydrogens (tertiary/aromatic N) is 2. The Labute approximate surface area is 108 Å². The summed E-state index contributed by atoms with van der Waals surface area (Å²) in [5.41, 5.74) is 0.641. The van der Waals surface area contributed by atoms with Gasteiger partial charge in [0.2, 0.25) is 0 Å². The second-order valence-corrected chi connectivity index (χ2v) is 3.55. The van der Waals surface area contributed by atoms with Crippen molar-refractivity contribution in [2.24, 2.45) is 0 Å². The highest BCUT2D eigenvalue weighted by molar-refractivity contribution is 6.39. The van der Waals surface area contributed by atoms with E-state index in [1.54, 1.807) is 13.0 Å². The standard InChI is InChI=1S/C11H10N4O4/c1-7-6-8(15(18)19)2-3-9(7)14-11(17)10(16)13-5-4-12/h2-3,6H,5H2,1H3,(H,13,16)(H,14,17). The van der Waals surface area contributed by atoms with Gasteiger partial charge in [-0.2, -0.15) is 5.26 Å². The monoisotopic (exact) mass is 262 g/mol. The van der Waals surface area contributed by atoms with E-state index < -0.39 is 16.7 Å². The summed E-state index contributed by atoms with van der Waals surface area (Å²) >= 11 is 0. The first-order chi connectivity index (χ1) is 8.95. The van der Waals surface area contributed by atoms with E-state index in [1.807, 2.05) is 0 Å². The molecule has 8 heteroatoms. The second-order valence-electron chi connectivity index (χ2n) is 3.55. The Balaban J connectivity index is 2.78. The molecule has 1 rings (SSSR count). The summed E-state index contributed by atoms with van der Waals surface area (Å²) in [6, 6.07) is 5.50. The predicted molar refractivity (Wildman–Crippen MR) is 65.1 cm³/mol. The molecule has 0 saturated carbocycles. The predicted octanol–water partition coefficient (Wildman–Crippen LogP) is 0.481. The maximum absolute atomic E-state index is 11.4. The van der Waals surface area contributed by atoms with E-state index in [0.717, 1.165) is 0 Å². The summed E-state index contributed by atoms with van der Waals surface area (Å²) in [4.78, 5) is 32.6. The third-order valence-corrected chi connectivity index (χ3v) is 2.20. The van der Waals surface area contributed by atoms with Crippen LogP contribution < -0.4 is 10.6 Å². The second kappa shape index (κ2) is 6.11. The van der Waals surface area contributed by atoms with Gasteiger partial charge in [0.1, 0.15) is 6.54 Å². The SMILES string of the molecule is Cc1cc([N+](=O)[O-])ccc1NC(=O)C(=O)NCC#N. The number of anilines is 1. The highest BCUT2D eigenvalue weighted by Crippen LogP contribution is 2.20. The number of nitrogens with one attached hydrogen (secondary N) is 2. The molecular formula is C11H10N4O4. The number of benzene rings is 1. The van der Waals surface area contributed by atoms with Crippen LogP contribution in [-0.2, 0) is 9.59 Å². The molecular weight excluding hydrogens is 252 g/mol. The summed E-state index contributed by atoms with van der Waals surface area (Å²) in [6.45, 7) is 1.29. The number of aryl methyl sites for hydroxylation is 1. The molecule has 19 heavy (non-hydrogen) atoms. The lowest BCUT2D eigenvalue weighted by Gasteiger charge is -2.07. The summed E-state index contributed by atoms with van der Waals surface area (Å²) in [7, 11) is 0. The molecule has 8 nitrogen and oxygen atoms in total. The average molecular weight is 262 g/mol. The van der Waals surface area contributed by atoms with Crippen molar-refractivity contribution in [1.82, 2.24) is 5.32 Å². The van der Waals surface area contributed by atoms with E-state index in [2.05, 4.69) is 10.6 Å². The Morgan fingerprint density at radius 3 is 2.63 bits per heavy atom. The third-order valence-electron chi connectivity index (χ3n) is 2.20. The number of carbonyl (C=O) groups excluding carboxylic acids is 2.